The van der Waals surface area contributed by atoms with Crippen LogP contribution in [-0.2, 0) is 0 Å². The molecule has 0 bridgehead atoms. The third-order valence-electron chi connectivity index (χ3n) is 7.57. The average Bonchev–Trinajstić information content (AvgIpc) is 2.96. The molecule has 0 aromatic heterocycles. The third kappa shape index (κ3) is 3.29. The molecule has 14 heteroatoms. The van der Waals surface area contributed by atoms with Crippen molar-refractivity contribution in [1.29, 1.82) is 0 Å². The number of fused-ring (bicyclic) bond motifs is 4. The molecule has 222 valence electrons. The van der Waals surface area contributed by atoms with E-state index in [0.29, 0.717) is 12.1 Å². The molecular weight excluding hydrogens is 584 g/mol. The van der Waals surface area contributed by atoms with Crippen LogP contribution in [0.25, 0.3) is 11.1 Å². The number of rotatable bonds is 3. The molecule has 0 amide bonds. The van der Waals surface area contributed by atoms with Crippen molar-refractivity contribution in [2.75, 3.05) is 14.2 Å². The lowest BCUT2D eigenvalue weighted by molar-refractivity contribution is 0.0969. The van der Waals surface area contributed by atoms with Gasteiger partial charge in [0, 0.05) is 46.5 Å². The summed E-state index contributed by atoms with van der Waals surface area (Å²) in [5.41, 5.74) is -8.01. The Morgan fingerprint density at radius 3 is 0.932 bits per heavy atom. The molecule has 0 heterocycles. The van der Waals surface area contributed by atoms with Gasteiger partial charge in [0.15, 0.2) is 34.6 Å². The molecule has 0 saturated carbocycles. The number of benzene rings is 4. The maximum atomic E-state index is 14.0. The summed E-state index contributed by atoms with van der Waals surface area (Å²) in [6.07, 6.45) is 0. The monoisotopic (exact) mass is 602 g/mol. The highest BCUT2D eigenvalue weighted by Gasteiger charge is 2.45. The van der Waals surface area contributed by atoms with Gasteiger partial charge in [0.1, 0.15) is 34.5 Å². The summed E-state index contributed by atoms with van der Waals surface area (Å²) < 4.78 is 9.91. The zero-order valence-corrected chi connectivity index (χ0v) is 22.3. The van der Waals surface area contributed by atoms with Crippen molar-refractivity contribution in [3.8, 4) is 68.6 Å². The molecule has 0 fully saturated rings. The number of methoxy groups -OCH3 is 2. The second-order valence-electron chi connectivity index (χ2n) is 9.79. The zero-order valence-electron chi connectivity index (χ0n) is 22.3. The minimum absolute atomic E-state index is 0.428. The fraction of sp³-hybridized carbons (Fsp3) is 0.0667. The lowest BCUT2D eigenvalue weighted by Gasteiger charge is -2.27. The summed E-state index contributed by atoms with van der Waals surface area (Å²) in [6, 6.07) is 2.89. The third-order valence-corrected chi connectivity index (χ3v) is 7.57. The molecule has 14 nitrogen and oxygen atoms in total. The first-order valence-corrected chi connectivity index (χ1v) is 12.4. The van der Waals surface area contributed by atoms with Crippen molar-refractivity contribution < 1.29 is 69.5 Å². The largest absolute Gasteiger partial charge is 0.507 e. The molecule has 4 aromatic carbocycles. The Labute approximate surface area is 244 Å². The lowest BCUT2D eigenvalue weighted by Crippen LogP contribution is -2.25. The Balaban J connectivity index is 1.76. The molecule has 0 saturated heterocycles. The molecule has 8 N–H and O–H groups in total. The van der Waals surface area contributed by atoms with Gasteiger partial charge in [0.25, 0.3) is 0 Å². The van der Waals surface area contributed by atoms with Gasteiger partial charge in [-0.25, -0.2) is 0 Å². The van der Waals surface area contributed by atoms with Gasteiger partial charge < -0.3 is 50.3 Å². The van der Waals surface area contributed by atoms with E-state index in [2.05, 4.69) is 0 Å². The maximum Gasteiger partial charge on any atom is 0.202 e. The summed E-state index contributed by atoms with van der Waals surface area (Å²) in [5.74, 6) is -13.2. The van der Waals surface area contributed by atoms with Crippen molar-refractivity contribution in [1.82, 2.24) is 0 Å². The topological polar surface area (TPSA) is 249 Å². The molecule has 2 aliphatic carbocycles. The van der Waals surface area contributed by atoms with Crippen molar-refractivity contribution in [3.05, 3.63) is 68.8 Å². The Morgan fingerprint density at radius 1 is 0.364 bits per heavy atom. The molecule has 0 aliphatic heterocycles. The number of carbonyl (C=O) groups excluding carboxylic acids is 4. The number of phenols is 8. The number of carbonyl (C=O) groups is 4. The summed E-state index contributed by atoms with van der Waals surface area (Å²) >= 11 is 0. The average molecular weight is 602 g/mol. The van der Waals surface area contributed by atoms with Crippen LogP contribution in [-0.4, -0.2) is 78.2 Å². The predicted octanol–water partition coefficient (Wildman–Crippen LogP) is 2.57. The van der Waals surface area contributed by atoms with E-state index < -0.39 is 136 Å². The first kappa shape index (κ1) is 27.7. The summed E-state index contributed by atoms with van der Waals surface area (Å²) in [5, 5.41) is 86.1. The van der Waals surface area contributed by atoms with E-state index >= 15 is 0 Å². The molecular formula is C30H18O14. The van der Waals surface area contributed by atoms with E-state index in [4.69, 9.17) is 9.47 Å². The highest BCUT2D eigenvalue weighted by atomic mass is 16.5. The fourth-order valence-electron chi connectivity index (χ4n) is 5.71. The molecule has 0 unspecified atom stereocenters. The van der Waals surface area contributed by atoms with E-state index in [-0.39, 0.29) is 0 Å². The van der Waals surface area contributed by atoms with Gasteiger partial charge >= 0.3 is 0 Å². The Kier molecular flexibility index (Phi) is 5.69. The van der Waals surface area contributed by atoms with Gasteiger partial charge in [-0.2, -0.15) is 0 Å². The van der Waals surface area contributed by atoms with Gasteiger partial charge in [0.05, 0.1) is 47.6 Å². The lowest BCUT2D eigenvalue weighted by atomic mass is 9.74. The van der Waals surface area contributed by atoms with E-state index in [9.17, 15) is 60.0 Å². The van der Waals surface area contributed by atoms with Gasteiger partial charge in [0.2, 0.25) is 11.6 Å². The predicted molar refractivity (Wildman–Crippen MR) is 145 cm³/mol. The Bertz CT molecular complexity index is 1940. The number of ether oxygens (including phenoxy) is 2. The van der Waals surface area contributed by atoms with E-state index in [1.807, 2.05) is 0 Å². The van der Waals surface area contributed by atoms with Crippen LogP contribution >= 0.6 is 0 Å². The molecule has 0 radical (unpaired) electrons. The first-order chi connectivity index (χ1) is 20.8. The minimum atomic E-state index is -1.29. The van der Waals surface area contributed by atoms with E-state index in [1.165, 1.54) is 0 Å². The van der Waals surface area contributed by atoms with Crippen LogP contribution < -0.4 is 9.47 Å². The van der Waals surface area contributed by atoms with Gasteiger partial charge in [-0.1, -0.05) is 0 Å². The SMILES string of the molecule is COc1cc(O)c2c(c1O)C(=O)c1c(c(O)cc(O)c1-c1c(O)cc(O)c3c1C(=O)c1c(O)c(OC)cc(O)c1C3=O)C2=O. The van der Waals surface area contributed by atoms with Crippen LogP contribution in [0.5, 0.6) is 57.5 Å². The standard InChI is InChI=1S/C30H18O14/c1-43-13-5-11(35)19-23(25(13)37)29(41)21-15(7(31)3-9(33)17(21)27(19)39)16-8(32)4-10(34)18-22(16)30(42)24-20(28(18)40)12(36)6-14(44-2)26(24)38/h3-6,31-38H,1-2H3. The summed E-state index contributed by atoms with van der Waals surface area (Å²) in [4.78, 5) is 55.2. The normalized spacial score (nSPS) is 13.2. The van der Waals surface area contributed by atoms with E-state index in [1.54, 1.807) is 0 Å². The number of ketones is 4. The quantitative estimate of drug-likeness (QED) is 0.136. The molecule has 0 spiro atoms. The van der Waals surface area contributed by atoms with Crippen LogP contribution in [0.4, 0.5) is 0 Å². The van der Waals surface area contributed by atoms with Crippen molar-refractivity contribution in [2.24, 2.45) is 0 Å². The second-order valence-corrected chi connectivity index (χ2v) is 9.79. The first-order valence-electron chi connectivity index (χ1n) is 12.4. The van der Waals surface area contributed by atoms with E-state index in [0.717, 1.165) is 26.4 Å². The van der Waals surface area contributed by atoms with Crippen molar-refractivity contribution in [3.63, 3.8) is 0 Å². The van der Waals surface area contributed by atoms with Gasteiger partial charge in [-0.15, -0.1) is 0 Å². The molecule has 6 rings (SSSR count). The maximum absolute atomic E-state index is 14.0. The van der Waals surface area contributed by atoms with Gasteiger partial charge in [-0.3, -0.25) is 19.2 Å². The number of aromatic hydroxyl groups is 8. The van der Waals surface area contributed by atoms with Crippen LogP contribution in [0.3, 0.4) is 0 Å². The van der Waals surface area contributed by atoms with Crippen LogP contribution in [0.15, 0.2) is 24.3 Å². The molecule has 2 aliphatic rings. The minimum Gasteiger partial charge on any atom is -0.507 e. The number of hydrogen-bond donors (Lipinski definition) is 8. The summed E-state index contributed by atoms with van der Waals surface area (Å²) in [6.45, 7) is 0. The number of hydrogen-bond acceptors (Lipinski definition) is 14. The molecule has 4 aromatic rings. The smallest absolute Gasteiger partial charge is 0.202 e. The van der Waals surface area contributed by atoms with Crippen LogP contribution in [0.1, 0.15) is 63.7 Å². The highest BCUT2D eigenvalue weighted by molar-refractivity contribution is 6.36. The Hall–Kier alpha value is -6.44. The van der Waals surface area contributed by atoms with Crippen molar-refractivity contribution >= 4 is 23.1 Å². The van der Waals surface area contributed by atoms with Crippen LogP contribution in [0.2, 0.25) is 0 Å². The summed E-state index contributed by atoms with van der Waals surface area (Å²) in [7, 11) is 2.19. The van der Waals surface area contributed by atoms with Gasteiger partial charge in [-0.05, 0) is 0 Å². The second kappa shape index (κ2) is 9.03. The highest BCUT2D eigenvalue weighted by Crippen LogP contribution is 2.54. The van der Waals surface area contributed by atoms with Crippen molar-refractivity contribution in [2.45, 2.75) is 0 Å². The van der Waals surface area contributed by atoms with Crippen LogP contribution in [0, 0.1) is 0 Å². The molecule has 44 heavy (non-hydrogen) atoms. The zero-order chi connectivity index (χ0) is 32.1. The fourth-order valence-corrected chi connectivity index (χ4v) is 5.71. The number of phenolic OH excluding ortho intramolecular Hbond substituents is 8. The Morgan fingerprint density at radius 2 is 0.614 bits per heavy atom. The molecule has 0 atom stereocenters.